The highest BCUT2D eigenvalue weighted by Gasteiger charge is 2.31. The lowest BCUT2D eigenvalue weighted by Gasteiger charge is -2.25. The molecule has 1 saturated heterocycles. The highest BCUT2D eigenvalue weighted by Crippen LogP contribution is 2.14. The smallest absolute Gasteiger partial charge is 0.408 e. The van der Waals surface area contributed by atoms with Crippen LogP contribution >= 0.6 is 11.6 Å². The number of rotatable bonds is 4. The van der Waals surface area contributed by atoms with Crippen molar-refractivity contribution in [2.24, 2.45) is 0 Å². The molecule has 1 N–H and O–H groups in total. The first-order valence-electron chi connectivity index (χ1n) is 7.23. The minimum absolute atomic E-state index is 0.169. The predicted octanol–water partition coefficient (Wildman–Crippen LogP) is 1.63. The van der Waals surface area contributed by atoms with E-state index in [4.69, 9.17) is 16.3 Å². The lowest BCUT2D eigenvalue weighted by Crippen LogP contribution is -2.49. The molecule has 2 amide bonds. The van der Waals surface area contributed by atoms with Gasteiger partial charge in [-0.2, -0.15) is 0 Å². The first kappa shape index (κ1) is 18.5. The van der Waals surface area contributed by atoms with Crippen molar-refractivity contribution >= 4 is 29.6 Å². The summed E-state index contributed by atoms with van der Waals surface area (Å²) in [5.74, 6) is -0.879. The van der Waals surface area contributed by atoms with Gasteiger partial charge in [-0.05, 0) is 40.0 Å². The number of ether oxygens (including phenoxy) is 2. The van der Waals surface area contributed by atoms with Crippen LogP contribution in [0.3, 0.4) is 0 Å². The highest BCUT2D eigenvalue weighted by molar-refractivity contribution is 6.17. The average molecular weight is 335 g/mol. The van der Waals surface area contributed by atoms with Gasteiger partial charge in [0.05, 0.1) is 0 Å². The van der Waals surface area contributed by atoms with Crippen LogP contribution in [0.2, 0.25) is 0 Å². The molecule has 0 aromatic rings. The van der Waals surface area contributed by atoms with Crippen LogP contribution in [0.4, 0.5) is 4.79 Å². The summed E-state index contributed by atoms with van der Waals surface area (Å²) < 4.78 is 9.79. The number of hydrogen-bond acceptors (Lipinski definition) is 5. The maximum Gasteiger partial charge on any atom is 0.408 e. The summed E-state index contributed by atoms with van der Waals surface area (Å²) in [5, 5.41) is 2.57. The minimum atomic E-state index is -0.693. The molecule has 0 aromatic carbocycles. The number of carbonyl (C=O) groups is 3. The number of carbonyl (C=O) groups excluding carboxylic acids is 3. The summed E-state index contributed by atoms with van der Waals surface area (Å²) in [6.07, 6.45) is 1.40. The van der Waals surface area contributed by atoms with Crippen LogP contribution in [0.25, 0.3) is 0 Å². The van der Waals surface area contributed by atoms with E-state index in [1.54, 1.807) is 20.8 Å². The van der Waals surface area contributed by atoms with Crippen molar-refractivity contribution in [3.8, 4) is 0 Å². The van der Waals surface area contributed by atoms with Crippen molar-refractivity contribution in [3.63, 3.8) is 0 Å². The third-order valence-corrected chi connectivity index (χ3v) is 3.12. The second-order valence-electron chi connectivity index (χ2n) is 6.08. The van der Waals surface area contributed by atoms with Crippen LogP contribution in [-0.2, 0) is 19.1 Å². The van der Waals surface area contributed by atoms with Crippen molar-refractivity contribution in [1.82, 2.24) is 10.2 Å². The van der Waals surface area contributed by atoms with E-state index in [2.05, 4.69) is 10.1 Å². The van der Waals surface area contributed by atoms with E-state index in [0.29, 0.717) is 13.0 Å². The van der Waals surface area contributed by atoms with Crippen molar-refractivity contribution in [2.45, 2.75) is 51.7 Å². The molecule has 0 saturated carbocycles. The van der Waals surface area contributed by atoms with Crippen molar-refractivity contribution in [2.75, 3.05) is 19.2 Å². The van der Waals surface area contributed by atoms with E-state index >= 15 is 0 Å². The molecule has 1 aliphatic heterocycles. The SMILES string of the molecule is CC(C)(C)OC(=O)NC1CCCCN(CC(=O)OCCl)C1=O. The van der Waals surface area contributed by atoms with Gasteiger partial charge in [0, 0.05) is 6.54 Å². The highest BCUT2D eigenvalue weighted by atomic mass is 35.5. The standard InChI is InChI=1S/C14H23ClN2O5/c1-14(2,3)22-13(20)16-10-6-4-5-7-17(12(10)19)8-11(18)21-9-15/h10H,4-9H2,1-3H3,(H,16,20). The molecule has 1 unspecified atom stereocenters. The Morgan fingerprint density at radius 2 is 2.05 bits per heavy atom. The molecule has 22 heavy (non-hydrogen) atoms. The molecule has 0 aromatic heterocycles. The summed E-state index contributed by atoms with van der Waals surface area (Å²) in [6, 6.07) is -0.943. The number of likely N-dealkylation sites (tertiary alicyclic amines) is 1. The van der Waals surface area contributed by atoms with Gasteiger partial charge < -0.3 is 19.7 Å². The normalized spacial score (nSPS) is 19.4. The van der Waals surface area contributed by atoms with Crippen LogP contribution in [0, 0.1) is 0 Å². The van der Waals surface area contributed by atoms with Crippen molar-refractivity contribution in [3.05, 3.63) is 0 Å². The fourth-order valence-electron chi connectivity index (χ4n) is 2.11. The number of alkyl halides is 1. The molecule has 8 heteroatoms. The van der Waals surface area contributed by atoms with Gasteiger partial charge in [-0.25, -0.2) is 4.79 Å². The molecule has 0 aliphatic carbocycles. The Morgan fingerprint density at radius 1 is 1.36 bits per heavy atom. The maximum absolute atomic E-state index is 12.4. The van der Waals surface area contributed by atoms with E-state index < -0.39 is 23.7 Å². The van der Waals surface area contributed by atoms with Gasteiger partial charge in [0.15, 0.2) is 6.07 Å². The number of alkyl carbamates (subject to hydrolysis) is 1. The molecule has 1 rings (SSSR count). The molecule has 1 heterocycles. The quantitative estimate of drug-likeness (QED) is 0.624. The zero-order valence-corrected chi connectivity index (χ0v) is 13.9. The molecule has 7 nitrogen and oxygen atoms in total. The molecule has 1 aliphatic rings. The van der Waals surface area contributed by atoms with E-state index in [1.807, 2.05) is 0 Å². The second-order valence-corrected chi connectivity index (χ2v) is 6.30. The lowest BCUT2D eigenvalue weighted by molar-refractivity contribution is -0.148. The van der Waals surface area contributed by atoms with Crippen molar-refractivity contribution < 1.29 is 23.9 Å². The molecule has 0 bridgehead atoms. The summed E-state index contributed by atoms with van der Waals surface area (Å²) >= 11 is 5.32. The Balaban J connectivity index is 2.64. The molecular weight excluding hydrogens is 312 g/mol. The Hall–Kier alpha value is -1.50. The van der Waals surface area contributed by atoms with Crippen LogP contribution < -0.4 is 5.32 Å². The number of hydrogen-bond donors (Lipinski definition) is 1. The van der Waals surface area contributed by atoms with E-state index in [0.717, 1.165) is 12.8 Å². The van der Waals surface area contributed by atoms with Crippen LogP contribution in [-0.4, -0.2) is 53.7 Å². The van der Waals surface area contributed by atoms with Crippen LogP contribution in [0.1, 0.15) is 40.0 Å². The average Bonchev–Trinajstić information content (AvgIpc) is 2.52. The second kappa shape index (κ2) is 8.22. The van der Waals surface area contributed by atoms with E-state index in [1.165, 1.54) is 4.90 Å². The van der Waals surface area contributed by atoms with Crippen molar-refractivity contribution in [1.29, 1.82) is 0 Å². The lowest BCUT2D eigenvalue weighted by atomic mass is 10.1. The maximum atomic E-state index is 12.4. The first-order chi connectivity index (χ1) is 10.2. The minimum Gasteiger partial charge on any atom is -0.448 e. The fraction of sp³-hybridized carbons (Fsp3) is 0.786. The zero-order valence-electron chi connectivity index (χ0n) is 13.2. The molecule has 0 spiro atoms. The molecule has 1 atom stereocenters. The van der Waals surface area contributed by atoms with Crippen LogP contribution in [0.15, 0.2) is 0 Å². The Kier molecular flexibility index (Phi) is 6.93. The molecule has 1 fully saturated rings. The Labute approximate surface area is 135 Å². The largest absolute Gasteiger partial charge is 0.448 e. The Bertz CT molecular complexity index is 422. The number of amides is 2. The zero-order chi connectivity index (χ0) is 16.8. The predicted molar refractivity (Wildman–Crippen MR) is 80.4 cm³/mol. The van der Waals surface area contributed by atoms with Crippen LogP contribution in [0.5, 0.6) is 0 Å². The molecule has 0 radical (unpaired) electrons. The summed E-state index contributed by atoms with van der Waals surface area (Å²) in [5.41, 5.74) is -0.637. The summed E-state index contributed by atoms with van der Waals surface area (Å²) in [4.78, 5) is 37.1. The van der Waals surface area contributed by atoms with Gasteiger partial charge in [-0.3, -0.25) is 9.59 Å². The third kappa shape index (κ3) is 6.51. The number of nitrogens with one attached hydrogen (secondary N) is 1. The topological polar surface area (TPSA) is 84.9 Å². The van der Waals surface area contributed by atoms with Gasteiger partial charge in [0.2, 0.25) is 5.91 Å². The number of esters is 1. The summed E-state index contributed by atoms with van der Waals surface area (Å²) in [6.45, 7) is 5.52. The number of nitrogens with zero attached hydrogens (tertiary/aromatic N) is 1. The number of halogens is 1. The first-order valence-corrected chi connectivity index (χ1v) is 7.76. The van der Waals surface area contributed by atoms with Gasteiger partial charge in [0.1, 0.15) is 18.2 Å². The fourth-order valence-corrected chi connectivity index (χ4v) is 2.23. The van der Waals surface area contributed by atoms with Gasteiger partial charge in [-0.15, -0.1) is 0 Å². The Morgan fingerprint density at radius 3 is 2.64 bits per heavy atom. The third-order valence-electron chi connectivity index (χ3n) is 3.01. The van der Waals surface area contributed by atoms with E-state index in [9.17, 15) is 14.4 Å². The van der Waals surface area contributed by atoms with E-state index in [-0.39, 0.29) is 18.5 Å². The van der Waals surface area contributed by atoms with Gasteiger partial charge >= 0.3 is 12.1 Å². The monoisotopic (exact) mass is 334 g/mol. The molecule has 126 valence electrons. The van der Waals surface area contributed by atoms with Gasteiger partial charge in [-0.1, -0.05) is 11.6 Å². The van der Waals surface area contributed by atoms with Gasteiger partial charge in [0.25, 0.3) is 0 Å². The summed E-state index contributed by atoms with van der Waals surface area (Å²) in [7, 11) is 0. The molecular formula is C14H23ClN2O5.